The summed E-state index contributed by atoms with van der Waals surface area (Å²) < 4.78 is 0. The third-order valence-corrected chi connectivity index (χ3v) is 4.92. The van der Waals surface area contributed by atoms with Gasteiger partial charge in [-0.3, -0.25) is 0 Å². The number of hydrogen-bond acceptors (Lipinski definition) is 1. The van der Waals surface area contributed by atoms with Crippen molar-refractivity contribution in [2.45, 2.75) is 57.9 Å². The van der Waals surface area contributed by atoms with Gasteiger partial charge in [-0.05, 0) is 75.0 Å². The quantitative estimate of drug-likeness (QED) is 0.717. The maximum absolute atomic E-state index is 6.01. The molecule has 4 bridgehead atoms. The van der Waals surface area contributed by atoms with Crippen LogP contribution in [0.15, 0.2) is 0 Å². The lowest BCUT2D eigenvalue weighted by atomic mass is 9.48. The molecular formula is C13H23N. The van der Waals surface area contributed by atoms with Crippen molar-refractivity contribution in [3.05, 3.63) is 0 Å². The van der Waals surface area contributed by atoms with E-state index in [1.165, 1.54) is 25.7 Å². The van der Waals surface area contributed by atoms with Crippen LogP contribution in [0.2, 0.25) is 0 Å². The van der Waals surface area contributed by atoms with E-state index in [4.69, 9.17) is 5.73 Å². The summed E-state index contributed by atoms with van der Waals surface area (Å²) in [5.74, 6) is 3.25. The Kier molecular flexibility index (Phi) is 1.96. The molecule has 0 saturated heterocycles. The van der Waals surface area contributed by atoms with Crippen LogP contribution in [0.25, 0.3) is 0 Å². The van der Waals surface area contributed by atoms with Gasteiger partial charge in [0.25, 0.3) is 0 Å². The minimum atomic E-state index is 0.422. The fourth-order valence-corrected chi connectivity index (χ4v) is 5.22. The Hall–Kier alpha value is -0.0400. The van der Waals surface area contributed by atoms with Crippen LogP contribution in [0.1, 0.15) is 51.9 Å². The van der Waals surface area contributed by atoms with E-state index < -0.39 is 0 Å². The number of hydrogen-bond donors (Lipinski definition) is 1. The molecule has 14 heavy (non-hydrogen) atoms. The van der Waals surface area contributed by atoms with Crippen LogP contribution in [0, 0.1) is 23.2 Å². The third-order valence-electron chi connectivity index (χ3n) is 4.92. The molecule has 0 amide bonds. The van der Waals surface area contributed by atoms with Gasteiger partial charge in [-0.25, -0.2) is 0 Å². The van der Waals surface area contributed by atoms with Crippen LogP contribution in [0.3, 0.4) is 0 Å². The van der Waals surface area contributed by atoms with Crippen molar-refractivity contribution in [2.24, 2.45) is 28.9 Å². The van der Waals surface area contributed by atoms with Gasteiger partial charge in [-0.1, -0.05) is 0 Å². The van der Waals surface area contributed by atoms with Crippen molar-refractivity contribution < 1.29 is 0 Å². The first-order valence-electron chi connectivity index (χ1n) is 6.41. The number of rotatable bonds is 2. The lowest BCUT2D eigenvalue weighted by Gasteiger charge is -2.57. The van der Waals surface area contributed by atoms with Crippen molar-refractivity contribution in [2.75, 3.05) is 0 Å². The Morgan fingerprint density at radius 3 is 1.86 bits per heavy atom. The molecular weight excluding hydrogens is 170 g/mol. The molecule has 0 aliphatic heterocycles. The van der Waals surface area contributed by atoms with Crippen LogP contribution in [-0.2, 0) is 0 Å². The second-order valence-electron chi connectivity index (χ2n) is 6.60. The summed E-state index contributed by atoms with van der Waals surface area (Å²) in [4.78, 5) is 0. The number of nitrogens with two attached hydrogens (primary N) is 1. The molecule has 0 spiro atoms. The van der Waals surface area contributed by atoms with E-state index in [1.54, 1.807) is 19.3 Å². The first kappa shape index (κ1) is 9.21. The summed E-state index contributed by atoms with van der Waals surface area (Å²) in [5.41, 5.74) is 6.71. The zero-order chi connectivity index (χ0) is 9.76. The van der Waals surface area contributed by atoms with Gasteiger partial charge in [0.05, 0.1) is 0 Å². The zero-order valence-corrected chi connectivity index (χ0v) is 9.34. The smallest absolute Gasteiger partial charge is 0.00157 e. The highest BCUT2D eigenvalue weighted by Crippen LogP contribution is 2.61. The molecule has 80 valence electrons. The molecule has 1 unspecified atom stereocenters. The summed E-state index contributed by atoms with van der Waals surface area (Å²) in [6.45, 7) is 2.19. The fraction of sp³-hybridized carbons (Fsp3) is 1.00. The minimum absolute atomic E-state index is 0.422. The average molecular weight is 193 g/mol. The van der Waals surface area contributed by atoms with E-state index in [0.717, 1.165) is 17.8 Å². The van der Waals surface area contributed by atoms with Crippen LogP contribution in [-0.4, -0.2) is 6.04 Å². The molecule has 0 heterocycles. The van der Waals surface area contributed by atoms with Crippen LogP contribution >= 0.6 is 0 Å². The lowest BCUT2D eigenvalue weighted by Crippen LogP contribution is -2.47. The van der Waals surface area contributed by atoms with E-state index in [9.17, 15) is 0 Å². The summed E-state index contributed by atoms with van der Waals surface area (Å²) >= 11 is 0. The SMILES string of the molecule is CC(N)CC12CC3CC(CC(C3)C1)C2. The fourth-order valence-electron chi connectivity index (χ4n) is 5.22. The molecule has 0 aromatic rings. The summed E-state index contributed by atoms with van der Waals surface area (Å²) in [5, 5.41) is 0. The minimum Gasteiger partial charge on any atom is -0.328 e. The van der Waals surface area contributed by atoms with Gasteiger partial charge in [-0.15, -0.1) is 0 Å². The predicted molar refractivity (Wildman–Crippen MR) is 58.9 cm³/mol. The highest BCUT2D eigenvalue weighted by molar-refractivity contribution is 5.01. The highest BCUT2D eigenvalue weighted by atomic mass is 14.6. The normalized spacial score (nSPS) is 52.3. The topological polar surface area (TPSA) is 26.0 Å². The van der Waals surface area contributed by atoms with Gasteiger partial charge in [0.15, 0.2) is 0 Å². The van der Waals surface area contributed by atoms with Crippen molar-refractivity contribution >= 4 is 0 Å². The highest BCUT2D eigenvalue weighted by Gasteiger charge is 2.50. The molecule has 2 N–H and O–H groups in total. The maximum Gasteiger partial charge on any atom is 0.00157 e. The van der Waals surface area contributed by atoms with Crippen LogP contribution < -0.4 is 5.73 Å². The van der Waals surface area contributed by atoms with Gasteiger partial charge < -0.3 is 5.73 Å². The first-order valence-corrected chi connectivity index (χ1v) is 6.41. The monoisotopic (exact) mass is 193 g/mol. The van der Waals surface area contributed by atoms with E-state index in [-0.39, 0.29) is 0 Å². The lowest BCUT2D eigenvalue weighted by molar-refractivity contribution is -0.0595. The molecule has 0 aromatic heterocycles. The summed E-state index contributed by atoms with van der Waals surface area (Å²) in [6, 6.07) is 0.422. The Bertz CT molecular complexity index is 190. The molecule has 0 aromatic carbocycles. The average Bonchev–Trinajstić information content (AvgIpc) is 1.96. The molecule has 4 aliphatic carbocycles. The molecule has 1 heteroatoms. The van der Waals surface area contributed by atoms with Gasteiger partial charge >= 0.3 is 0 Å². The van der Waals surface area contributed by atoms with E-state index in [1.807, 2.05) is 0 Å². The van der Waals surface area contributed by atoms with Crippen molar-refractivity contribution in [1.82, 2.24) is 0 Å². The summed E-state index contributed by atoms with van der Waals surface area (Å²) in [7, 11) is 0. The van der Waals surface area contributed by atoms with Gasteiger partial charge in [0.2, 0.25) is 0 Å². The standard InChI is InChI=1S/C13H23N/c1-9(14)5-13-6-10-2-11(7-13)4-12(3-10)8-13/h9-12H,2-8,14H2,1H3. The predicted octanol–water partition coefficient (Wildman–Crippen LogP) is 2.94. The Morgan fingerprint density at radius 2 is 1.50 bits per heavy atom. The molecule has 1 atom stereocenters. The van der Waals surface area contributed by atoms with Crippen LogP contribution in [0.4, 0.5) is 0 Å². The van der Waals surface area contributed by atoms with Gasteiger partial charge in [0.1, 0.15) is 0 Å². The van der Waals surface area contributed by atoms with Crippen molar-refractivity contribution in [3.63, 3.8) is 0 Å². The molecule has 0 radical (unpaired) electrons. The summed E-state index contributed by atoms with van der Waals surface area (Å²) in [6.07, 6.45) is 10.5. The van der Waals surface area contributed by atoms with Crippen LogP contribution in [0.5, 0.6) is 0 Å². The Labute approximate surface area is 87.4 Å². The van der Waals surface area contributed by atoms with Gasteiger partial charge in [-0.2, -0.15) is 0 Å². The van der Waals surface area contributed by atoms with Crippen molar-refractivity contribution in [3.8, 4) is 0 Å². The molecule has 4 rings (SSSR count). The second kappa shape index (κ2) is 2.98. The van der Waals surface area contributed by atoms with E-state index >= 15 is 0 Å². The van der Waals surface area contributed by atoms with E-state index in [2.05, 4.69) is 6.92 Å². The molecule has 4 saturated carbocycles. The van der Waals surface area contributed by atoms with Gasteiger partial charge in [0, 0.05) is 6.04 Å². The molecule has 4 fully saturated rings. The zero-order valence-electron chi connectivity index (χ0n) is 9.34. The Balaban J connectivity index is 1.80. The Morgan fingerprint density at radius 1 is 1.07 bits per heavy atom. The van der Waals surface area contributed by atoms with E-state index in [0.29, 0.717) is 11.5 Å². The largest absolute Gasteiger partial charge is 0.328 e. The second-order valence-corrected chi connectivity index (χ2v) is 6.60. The van der Waals surface area contributed by atoms with Crippen molar-refractivity contribution in [1.29, 1.82) is 0 Å². The molecule has 4 aliphatic rings. The third kappa shape index (κ3) is 1.41. The molecule has 1 nitrogen and oxygen atoms in total. The first-order chi connectivity index (χ1) is 6.65. The maximum atomic E-state index is 6.01.